The number of rotatable bonds is 9. The van der Waals surface area contributed by atoms with Gasteiger partial charge in [-0.2, -0.15) is 0 Å². The lowest BCUT2D eigenvalue weighted by molar-refractivity contribution is -0.288. The van der Waals surface area contributed by atoms with Crippen LogP contribution in [0.1, 0.15) is 65.4 Å². The summed E-state index contributed by atoms with van der Waals surface area (Å²) in [5.41, 5.74) is 1.98. The molecule has 5 atom stereocenters. The highest BCUT2D eigenvalue weighted by Gasteiger charge is 2.53. The Balaban J connectivity index is 1.50. The summed E-state index contributed by atoms with van der Waals surface area (Å²) in [5, 5.41) is 0.263. The molecule has 0 N–H and O–H groups in total. The molecule has 5 fully saturated rings. The van der Waals surface area contributed by atoms with E-state index in [2.05, 4.69) is 0 Å². The molecule has 0 amide bonds. The first-order chi connectivity index (χ1) is 20.9. The van der Waals surface area contributed by atoms with Gasteiger partial charge in [0.2, 0.25) is 12.4 Å². The molecule has 6 rings (SSSR count). The molecule has 4 saturated carbocycles. The van der Waals surface area contributed by atoms with Gasteiger partial charge in [-0.1, -0.05) is 17.7 Å². The minimum atomic E-state index is -1.40. The van der Waals surface area contributed by atoms with E-state index in [1.807, 2.05) is 6.07 Å². The molecule has 240 valence electrons. The monoisotopic (exact) mass is 634 g/mol. The van der Waals surface area contributed by atoms with Gasteiger partial charge in [-0.25, -0.2) is 0 Å². The molecule has 1 saturated heterocycles. The van der Waals surface area contributed by atoms with Gasteiger partial charge < -0.3 is 33.2 Å². The minimum Gasteiger partial charge on any atom is -0.496 e. The Labute approximate surface area is 261 Å². The summed E-state index contributed by atoms with van der Waals surface area (Å²) < 4.78 is 40.0. The van der Waals surface area contributed by atoms with Crippen LogP contribution in [0.4, 0.5) is 0 Å². The predicted octanol–water partition coefficient (Wildman–Crippen LogP) is 4.62. The van der Waals surface area contributed by atoms with Crippen molar-refractivity contribution >= 4 is 41.2 Å². The van der Waals surface area contributed by atoms with Gasteiger partial charge in [0.25, 0.3) is 0 Å². The van der Waals surface area contributed by atoms with Crippen molar-refractivity contribution in [3.05, 3.63) is 34.4 Å². The zero-order chi connectivity index (χ0) is 31.7. The van der Waals surface area contributed by atoms with E-state index < -0.39 is 54.6 Å². The largest absolute Gasteiger partial charge is 0.496 e. The highest BCUT2D eigenvalue weighted by molar-refractivity contribution is 6.33. The Hall–Kier alpha value is -3.31. The van der Waals surface area contributed by atoms with Gasteiger partial charge in [0.15, 0.2) is 12.2 Å². The second-order valence-corrected chi connectivity index (χ2v) is 12.5. The standard InChI is InChI=1S/C32H39ClO11/c1-15(34)39-14-25-29(40-16(2)35)30(41-17(3)36)31(42-18(4)37)32(44-25)43-24-8-6-7-23(27(24)33)28(38-5)26-21-10-19-9-20(12-21)13-22(26)11-19/h6-8,19-22,25,29-32H,9-14H2,1-5H3/t19?,20?,21?,22?,25?,29-,30?,31-,32+/m0/s1. The fourth-order valence-electron chi connectivity index (χ4n) is 7.63. The lowest BCUT2D eigenvalue weighted by Gasteiger charge is -2.51. The van der Waals surface area contributed by atoms with Gasteiger partial charge in [-0.15, -0.1) is 0 Å². The van der Waals surface area contributed by atoms with Crippen molar-refractivity contribution in [2.75, 3.05) is 13.7 Å². The third-order valence-corrected chi connectivity index (χ3v) is 9.27. The van der Waals surface area contributed by atoms with Crippen LogP contribution in [0.15, 0.2) is 23.8 Å². The van der Waals surface area contributed by atoms with E-state index >= 15 is 0 Å². The summed E-state index contributed by atoms with van der Waals surface area (Å²) in [4.78, 5) is 48.1. The predicted molar refractivity (Wildman–Crippen MR) is 155 cm³/mol. The number of benzene rings is 1. The van der Waals surface area contributed by atoms with E-state index in [0.717, 1.165) is 57.1 Å². The van der Waals surface area contributed by atoms with Crippen LogP contribution in [0, 0.1) is 23.7 Å². The molecule has 11 nitrogen and oxygen atoms in total. The number of ether oxygens (including phenoxy) is 7. The SMILES string of the molecule is COC(=C1C2CC3CC(C2)CC1C3)c1cccc(O[C@@H]2OC(COC(C)=O)[C@H](OC(C)=O)C(OC(C)=O)[C@@H]2OC(C)=O)c1Cl. The summed E-state index contributed by atoms with van der Waals surface area (Å²) in [6, 6.07) is 5.28. The van der Waals surface area contributed by atoms with E-state index in [-0.39, 0.29) is 17.4 Å². The molecule has 12 heteroatoms. The molecule has 1 aromatic rings. The van der Waals surface area contributed by atoms with Crippen LogP contribution < -0.4 is 4.74 Å². The van der Waals surface area contributed by atoms with Gasteiger partial charge in [0.1, 0.15) is 24.2 Å². The number of carbonyl (C=O) groups is 4. The first-order valence-electron chi connectivity index (χ1n) is 15.0. The van der Waals surface area contributed by atoms with Crippen molar-refractivity contribution < 1.29 is 52.3 Å². The van der Waals surface area contributed by atoms with E-state index in [0.29, 0.717) is 17.4 Å². The van der Waals surface area contributed by atoms with Gasteiger partial charge in [0, 0.05) is 33.3 Å². The summed E-state index contributed by atoms with van der Waals surface area (Å²) in [5.74, 6) is 0.618. The first kappa shape index (κ1) is 32.1. The van der Waals surface area contributed by atoms with E-state index in [1.54, 1.807) is 19.2 Å². The second-order valence-electron chi connectivity index (χ2n) is 12.1. The van der Waals surface area contributed by atoms with E-state index in [1.165, 1.54) is 25.8 Å². The van der Waals surface area contributed by atoms with Crippen molar-refractivity contribution in [3.63, 3.8) is 0 Å². The highest BCUT2D eigenvalue weighted by atomic mass is 35.5. The topological polar surface area (TPSA) is 133 Å². The maximum absolute atomic E-state index is 12.2. The second kappa shape index (κ2) is 13.4. The molecular formula is C32H39ClO11. The summed E-state index contributed by atoms with van der Waals surface area (Å²) in [7, 11) is 1.65. The minimum absolute atomic E-state index is 0.198. The normalized spacial score (nSPS) is 32.0. The van der Waals surface area contributed by atoms with E-state index in [4.69, 9.17) is 44.8 Å². The maximum Gasteiger partial charge on any atom is 0.303 e. The zero-order valence-electron chi connectivity index (χ0n) is 25.5. The van der Waals surface area contributed by atoms with Crippen molar-refractivity contribution in [2.24, 2.45) is 23.7 Å². The Morgan fingerprint density at radius 3 is 1.91 bits per heavy atom. The Bertz CT molecular complexity index is 1290. The zero-order valence-corrected chi connectivity index (χ0v) is 26.3. The highest BCUT2D eigenvalue weighted by Crippen LogP contribution is 2.58. The van der Waals surface area contributed by atoms with Gasteiger partial charge in [-0.05, 0) is 73.5 Å². The van der Waals surface area contributed by atoms with Crippen LogP contribution in [0.3, 0.4) is 0 Å². The smallest absolute Gasteiger partial charge is 0.303 e. The third kappa shape index (κ3) is 6.83. The van der Waals surface area contributed by atoms with Crippen LogP contribution in [0.25, 0.3) is 5.76 Å². The summed E-state index contributed by atoms with van der Waals surface area (Å²) in [6.07, 6.45) is -0.599. The fraction of sp³-hybridized carbons (Fsp3) is 0.625. The molecule has 4 aliphatic carbocycles. The van der Waals surface area contributed by atoms with Gasteiger partial charge in [-0.3, -0.25) is 19.2 Å². The molecule has 0 aromatic heterocycles. The van der Waals surface area contributed by atoms with Crippen molar-refractivity contribution in [1.82, 2.24) is 0 Å². The molecule has 44 heavy (non-hydrogen) atoms. The number of carbonyl (C=O) groups excluding carboxylic acids is 4. The number of esters is 4. The lowest BCUT2D eigenvalue weighted by atomic mass is 9.54. The van der Waals surface area contributed by atoms with Gasteiger partial charge in [0.05, 0.1) is 12.1 Å². The molecule has 0 radical (unpaired) electrons. The number of hydrogen-bond donors (Lipinski definition) is 0. The first-order valence-corrected chi connectivity index (χ1v) is 15.4. The van der Waals surface area contributed by atoms with Crippen LogP contribution in [0.2, 0.25) is 5.02 Å². The molecule has 2 unspecified atom stereocenters. The average molecular weight is 635 g/mol. The molecule has 1 aromatic carbocycles. The summed E-state index contributed by atoms with van der Waals surface area (Å²) >= 11 is 7.00. The Morgan fingerprint density at radius 2 is 1.36 bits per heavy atom. The molecule has 4 bridgehead atoms. The fourth-order valence-corrected chi connectivity index (χ4v) is 7.89. The van der Waals surface area contributed by atoms with Crippen molar-refractivity contribution in [3.8, 4) is 5.75 Å². The van der Waals surface area contributed by atoms with E-state index in [9.17, 15) is 19.2 Å². The molecule has 5 aliphatic rings. The average Bonchev–Trinajstić information content (AvgIpc) is 2.93. The molecule has 1 heterocycles. The number of allylic oxidation sites excluding steroid dienone is 1. The molecular weight excluding hydrogens is 596 g/mol. The third-order valence-electron chi connectivity index (χ3n) is 8.88. The number of halogens is 1. The van der Waals surface area contributed by atoms with Crippen LogP contribution in [-0.2, 0) is 47.6 Å². The number of hydrogen-bond acceptors (Lipinski definition) is 11. The van der Waals surface area contributed by atoms with Crippen molar-refractivity contribution in [1.29, 1.82) is 0 Å². The molecule has 0 spiro atoms. The van der Waals surface area contributed by atoms with Crippen molar-refractivity contribution in [2.45, 2.75) is 90.5 Å². The Kier molecular flexibility index (Phi) is 9.74. The van der Waals surface area contributed by atoms with Crippen LogP contribution in [-0.4, -0.2) is 68.3 Å². The quantitative estimate of drug-likeness (QED) is 0.214. The molecule has 1 aliphatic heterocycles. The summed E-state index contributed by atoms with van der Waals surface area (Å²) in [6.45, 7) is 4.33. The van der Waals surface area contributed by atoms with Crippen LogP contribution in [0.5, 0.6) is 5.75 Å². The Morgan fingerprint density at radius 1 is 0.795 bits per heavy atom. The maximum atomic E-state index is 12.2. The lowest BCUT2D eigenvalue weighted by Crippen LogP contribution is -2.63. The number of methoxy groups -OCH3 is 1. The van der Waals surface area contributed by atoms with Crippen LogP contribution >= 0.6 is 11.6 Å². The van der Waals surface area contributed by atoms with Gasteiger partial charge >= 0.3 is 23.9 Å².